The van der Waals surface area contributed by atoms with Crippen LogP contribution >= 0.6 is 0 Å². The summed E-state index contributed by atoms with van der Waals surface area (Å²) in [5.41, 5.74) is 10.9. The molecule has 1 atom stereocenters. The first kappa shape index (κ1) is 34.7. The highest BCUT2D eigenvalue weighted by Gasteiger charge is 2.30. The standard InChI is InChI=1S/C41H41N7O4/c1-26-32(6-3-7-33(26)34-8-4-9-35(27(34)2)44-40(50)36-16-13-29(24-43-36)23-42-18-21-49)31-17-20-48-38(22-31)45-46-39(48)30-14-11-28(12-15-30)25-47-19-5-10-37(47)41(51)52/h3-4,6-9,11-17,20,22,24,37,42,49H,5,10,18-19,21,23,25H2,1-2H3,(H,44,50)(H,51,52)/t37-/m0/s1. The van der Waals surface area contributed by atoms with Crippen LogP contribution in [0.4, 0.5) is 5.69 Å². The maximum absolute atomic E-state index is 13.1. The van der Waals surface area contributed by atoms with Crippen LogP contribution in [0.2, 0.25) is 0 Å². The lowest BCUT2D eigenvalue weighted by Crippen LogP contribution is -2.35. The van der Waals surface area contributed by atoms with Crippen molar-refractivity contribution in [3.63, 3.8) is 0 Å². The molecule has 0 bridgehead atoms. The number of rotatable bonds is 12. The van der Waals surface area contributed by atoms with E-state index in [0.29, 0.717) is 37.4 Å². The van der Waals surface area contributed by atoms with Gasteiger partial charge in [0.15, 0.2) is 11.5 Å². The number of carbonyl (C=O) groups excluding carboxylic acids is 1. The minimum Gasteiger partial charge on any atom is -0.480 e. The molecule has 1 fully saturated rings. The Morgan fingerprint density at radius 3 is 2.37 bits per heavy atom. The van der Waals surface area contributed by atoms with Crippen molar-refractivity contribution in [3.05, 3.63) is 125 Å². The number of pyridine rings is 2. The Bertz CT molecular complexity index is 2230. The summed E-state index contributed by atoms with van der Waals surface area (Å²) >= 11 is 0. The first-order valence-electron chi connectivity index (χ1n) is 17.5. The van der Waals surface area contributed by atoms with Gasteiger partial charge in [-0.2, -0.15) is 0 Å². The maximum atomic E-state index is 13.1. The van der Waals surface area contributed by atoms with E-state index in [9.17, 15) is 14.7 Å². The molecule has 11 heteroatoms. The number of amides is 1. The number of aliphatic hydroxyl groups excluding tert-OH is 1. The van der Waals surface area contributed by atoms with Crippen LogP contribution in [0.15, 0.2) is 97.3 Å². The quantitative estimate of drug-likeness (QED) is 0.111. The number of carboxylic acid groups (broad SMARTS) is 1. The van der Waals surface area contributed by atoms with Gasteiger partial charge in [0.05, 0.1) is 6.61 Å². The minimum absolute atomic E-state index is 0.0631. The Kier molecular flexibility index (Phi) is 10.2. The predicted molar refractivity (Wildman–Crippen MR) is 201 cm³/mol. The molecule has 6 aromatic rings. The second kappa shape index (κ2) is 15.2. The molecular weight excluding hydrogens is 654 g/mol. The van der Waals surface area contributed by atoms with Crippen molar-refractivity contribution in [2.24, 2.45) is 0 Å². The lowest BCUT2D eigenvalue weighted by molar-refractivity contribution is -0.142. The molecule has 264 valence electrons. The van der Waals surface area contributed by atoms with Crippen molar-refractivity contribution >= 4 is 23.2 Å². The average molecular weight is 696 g/mol. The topological polar surface area (TPSA) is 145 Å². The van der Waals surface area contributed by atoms with Crippen molar-refractivity contribution in [1.29, 1.82) is 0 Å². The van der Waals surface area contributed by atoms with Crippen molar-refractivity contribution in [1.82, 2.24) is 29.8 Å². The lowest BCUT2D eigenvalue weighted by Gasteiger charge is -2.21. The monoisotopic (exact) mass is 695 g/mol. The highest BCUT2D eigenvalue weighted by atomic mass is 16.4. The van der Waals surface area contributed by atoms with Gasteiger partial charge in [0.25, 0.3) is 5.91 Å². The number of aromatic nitrogens is 4. The number of aliphatic carboxylic acids is 1. The largest absolute Gasteiger partial charge is 0.480 e. The van der Waals surface area contributed by atoms with Gasteiger partial charge in [-0.1, -0.05) is 60.7 Å². The summed E-state index contributed by atoms with van der Waals surface area (Å²) in [5, 5.41) is 33.7. The van der Waals surface area contributed by atoms with Crippen LogP contribution in [0, 0.1) is 13.8 Å². The van der Waals surface area contributed by atoms with E-state index >= 15 is 0 Å². The second-order valence-electron chi connectivity index (χ2n) is 13.2. The fraction of sp³-hybridized carbons (Fsp3) is 0.244. The van der Waals surface area contributed by atoms with Crippen LogP contribution in [0.5, 0.6) is 0 Å². The van der Waals surface area contributed by atoms with Crippen molar-refractivity contribution in [2.45, 2.75) is 45.8 Å². The van der Waals surface area contributed by atoms with Gasteiger partial charge in [-0.25, -0.2) is 0 Å². The molecule has 0 aliphatic carbocycles. The molecule has 0 spiro atoms. The first-order valence-corrected chi connectivity index (χ1v) is 17.5. The predicted octanol–water partition coefficient (Wildman–Crippen LogP) is 6.13. The van der Waals surface area contributed by atoms with E-state index in [1.165, 1.54) is 0 Å². The second-order valence-corrected chi connectivity index (χ2v) is 13.2. The normalized spacial score (nSPS) is 14.6. The Hall–Kier alpha value is -5.75. The van der Waals surface area contributed by atoms with Crippen molar-refractivity contribution in [2.75, 3.05) is 25.0 Å². The molecule has 52 heavy (non-hydrogen) atoms. The Labute approximate surface area is 302 Å². The lowest BCUT2D eigenvalue weighted by atomic mass is 9.90. The number of nitrogens with one attached hydrogen (secondary N) is 2. The number of carbonyl (C=O) groups is 2. The summed E-state index contributed by atoms with van der Waals surface area (Å²) in [5.74, 6) is -0.302. The third-order valence-corrected chi connectivity index (χ3v) is 9.85. The van der Waals surface area contributed by atoms with E-state index in [-0.39, 0.29) is 12.5 Å². The van der Waals surface area contributed by atoms with Crippen molar-refractivity contribution < 1.29 is 19.8 Å². The number of aliphatic hydroxyl groups is 1. The highest BCUT2D eigenvalue weighted by molar-refractivity contribution is 6.04. The summed E-state index contributed by atoms with van der Waals surface area (Å²) in [7, 11) is 0. The molecule has 4 heterocycles. The molecule has 7 rings (SSSR count). The van der Waals surface area contributed by atoms with Gasteiger partial charge in [0.1, 0.15) is 11.7 Å². The van der Waals surface area contributed by atoms with Crippen LogP contribution in [-0.4, -0.2) is 72.3 Å². The van der Waals surface area contributed by atoms with E-state index < -0.39 is 12.0 Å². The zero-order chi connectivity index (χ0) is 36.2. The summed E-state index contributed by atoms with van der Waals surface area (Å²) in [6, 6.07) is 27.5. The zero-order valence-electron chi connectivity index (χ0n) is 29.2. The fourth-order valence-corrected chi connectivity index (χ4v) is 7.01. The van der Waals surface area contributed by atoms with E-state index in [1.807, 2.05) is 77.0 Å². The number of fused-ring (bicyclic) bond motifs is 1. The number of likely N-dealkylation sites (tertiary alicyclic amines) is 1. The van der Waals surface area contributed by atoms with Gasteiger partial charge in [0.2, 0.25) is 0 Å². The van der Waals surface area contributed by atoms with E-state index in [1.54, 1.807) is 12.3 Å². The Balaban J connectivity index is 1.09. The third-order valence-electron chi connectivity index (χ3n) is 9.85. The van der Waals surface area contributed by atoms with Crippen LogP contribution in [-0.2, 0) is 17.9 Å². The average Bonchev–Trinajstić information content (AvgIpc) is 3.81. The minimum atomic E-state index is -0.753. The van der Waals surface area contributed by atoms with Crippen LogP contribution in [0.3, 0.4) is 0 Å². The van der Waals surface area contributed by atoms with Crippen LogP contribution in [0.25, 0.3) is 39.3 Å². The summed E-state index contributed by atoms with van der Waals surface area (Å²) in [4.78, 5) is 31.1. The molecule has 0 radical (unpaired) electrons. The molecule has 1 amide bonds. The summed E-state index contributed by atoms with van der Waals surface area (Å²) in [6.07, 6.45) is 5.26. The molecular formula is C41H41N7O4. The molecule has 3 aromatic carbocycles. The number of hydrogen-bond acceptors (Lipinski definition) is 8. The third kappa shape index (κ3) is 7.20. The smallest absolute Gasteiger partial charge is 0.320 e. The van der Waals surface area contributed by atoms with Gasteiger partial charge in [-0.3, -0.25) is 23.9 Å². The van der Waals surface area contributed by atoms with E-state index in [2.05, 4.69) is 57.0 Å². The summed E-state index contributed by atoms with van der Waals surface area (Å²) < 4.78 is 1.98. The molecule has 1 saturated heterocycles. The van der Waals surface area contributed by atoms with E-state index in [0.717, 1.165) is 74.5 Å². The Morgan fingerprint density at radius 1 is 0.865 bits per heavy atom. The van der Waals surface area contributed by atoms with Gasteiger partial charge >= 0.3 is 5.97 Å². The molecule has 4 N–H and O–H groups in total. The highest BCUT2D eigenvalue weighted by Crippen LogP contribution is 2.36. The molecule has 1 aliphatic heterocycles. The SMILES string of the molecule is Cc1c(NC(=O)c2ccc(CNCCO)cn2)cccc1-c1cccc(-c2ccn3c(-c4ccc(CN5CCC[C@H]5C(=O)O)cc4)nnc3c2)c1C. The van der Waals surface area contributed by atoms with Crippen molar-refractivity contribution in [3.8, 4) is 33.6 Å². The number of benzene rings is 3. The number of anilines is 1. The fourth-order valence-electron chi connectivity index (χ4n) is 7.01. The van der Waals surface area contributed by atoms with Gasteiger partial charge in [0, 0.05) is 43.3 Å². The van der Waals surface area contributed by atoms with Gasteiger partial charge in [-0.15, -0.1) is 10.2 Å². The van der Waals surface area contributed by atoms with Gasteiger partial charge in [-0.05, 0) is 102 Å². The molecule has 0 unspecified atom stereocenters. The zero-order valence-corrected chi connectivity index (χ0v) is 29.2. The molecule has 3 aromatic heterocycles. The number of carboxylic acids is 1. The van der Waals surface area contributed by atoms with Crippen LogP contribution < -0.4 is 10.6 Å². The summed E-state index contributed by atoms with van der Waals surface area (Å²) in [6.45, 7) is 6.64. The molecule has 11 nitrogen and oxygen atoms in total. The maximum Gasteiger partial charge on any atom is 0.320 e. The van der Waals surface area contributed by atoms with Crippen LogP contribution in [0.1, 0.15) is 45.6 Å². The Morgan fingerprint density at radius 2 is 1.62 bits per heavy atom. The molecule has 0 saturated carbocycles. The molecule has 1 aliphatic rings. The van der Waals surface area contributed by atoms with Gasteiger partial charge < -0.3 is 20.8 Å². The number of nitrogens with zero attached hydrogens (tertiary/aromatic N) is 5. The first-order chi connectivity index (χ1) is 25.3. The number of hydrogen-bond donors (Lipinski definition) is 4. The van der Waals surface area contributed by atoms with E-state index in [4.69, 9.17) is 5.11 Å².